The van der Waals surface area contributed by atoms with Crippen LogP contribution in [0.3, 0.4) is 0 Å². The third-order valence-corrected chi connectivity index (χ3v) is 1.24. The Kier molecular flexibility index (Phi) is 2.29. The number of primary amides is 1. The average molecular weight is 160 g/mol. The van der Waals surface area contributed by atoms with Crippen molar-refractivity contribution in [3.8, 4) is 6.07 Å². The quantitative estimate of drug-likeness (QED) is 0.661. The number of carbonyl (C=O) groups excluding carboxylic acids is 1. The summed E-state index contributed by atoms with van der Waals surface area (Å²) in [5.74, 6) is 0. The van der Waals surface area contributed by atoms with Crippen molar-refractivity contribution in [2.75, 3.05) is 0 Å². The molecule has 0 saturated carbocycles. The Morgan fingerprint density at radius 1 is 1.42 bits per heavy atom. The smallest absolute Gasteiger partial charge is 0.338 e. The molecule has 59 valence electrons. The molecule has 1 aromatic carbocycles. The fraction of sp³-hybridized carbons (Fsp3) is 0. The summed E-state index contributed by atoms with van der Waals surface area (Å²) < 4.78 is 0. The molecule has 4 nitrogen and oxygen atoms in total. The molecule has 4 heteroatoms. The summed E-state index contributed by atoms with van der Waals surface area (Å²) in [6.07, 6.45) is 0. The minimum atomic E-state index is -0.736. The van der Waals surface area contributed by atoms with Gasteiger partial charge in [-0.1, -0.05) is 0 Å². The molecule has 0 spiro atoms. The van der Waals surface area contributed by atoms with Crippen molar-refractivity contribution in [1.82, 2.24) is 5.32 Å². The van der Waals surface area contributed by atoms with Crippen molar-refractivity contribution in [3.63, 3.8) is 0 Å². The molecule has 0 fully saturated rings. The number of hydrogen-bond acceptors (Lipinski definition) is 2. The van der Waals surface area contributed by atoms with Crippen LogP contribution in [0.4, 0.5) is 10.5 Å². The number of nitrogens with two attached hydrogens (primary N) is 1. The molecule has 1 aromatic rings. The molecular weight excluding hydrogens is 154 g/mol. The van der Waals surface area contributed by atoms with E-state index in [1.807, 2.05) is 6.07 Å². The number of nitrogens with zero attached hydrogens (tertiary/aromatic N) is 2. The summed E-state index contributed by atoms with van der Waals surface area (Å²) in [4.78, 5) is 10.3. The summed E-state index contributed by atoms with van der Waals surface area (Å²) in [6, 6.07) is 7.47. The van der Waals surface area contributed by atoms with E-state index in [0.717, 1.165) is 0 Å². The average Bonchev–Trinajstić information content (AvgIpc) is 2.05. The third-order valence-electron chi connectivity index (χ3n) is 1.24. The van der Waals surface area contributed by atoms with Crippen LogP contribution < -0.4 is 11.1 Å². The Labute approximate surface area is 69.6 Å². The third kappa shape index (κ3) is 1.99. The SMILES string of the molecule is N#Cc1ccc([N]C(N)=O)cc1. The van der Waals surface area contributed by atoms with E-state index in [2.05, 4.69) is 5.32 Å². The van der Waals surface area contributed by atoms with Gasteiger partial charge in [0.25, 0.3) is 0 Å². The molecule has 1 rings (SSSR count). The largest absolute Gasteiger partial charge is 0.350 e. The number of carbonyl (C=O) groups is 1. The van der Waals surface area contributed by atoms with Crippen LogP contribution in [0.2, 0.25) is 0 Å². The van der Waals surface area contributed by atoms with Crippen molar-refractivity contribution >= 4 is 11.7 Å². The molecule has 0 heterocycles. The van der Waals surface area contributed by atoms with Crippen LogP contribution in [-0.2, 0) is 0 Å². The Bertz CT molecular complexity index is 323. The number of hydrogen-bond donors (Lipinski definition) is 1. The van der Waals surface area contributed by atoms with Crippen LogP contribution in [0.15, 0.2) is 24.3 Å². The topological polar surface area (TPSA) is 81.0 Å². The van der Waals surface area contributed by atoms with E-state index in [-0.39, 0.29) is 0 Å². The van der Waals surface area contributed by atoms with Gasteiger partial charge in [-0.15, -0.1) is 0 Å². The Morgan fingerprint density at radius 2 is 2.00 bits per heavy atom. The summed E-state index contributed by atoms with van der Waals surface area (Å²) in [7, 11) is 0. The number of urea groups is 1. The van der Waals surface area contributed by atoms with Gasteiger partial charge in [0.2, 0.25) is 0 Å². The number of nitriles is 1. The Morgan fingerprint density at radius 3 is 2.42 bits per heavy atom. The predicted octanol–water partition coefficient (Wildman–Crippen LogP) is 0.873. The number of rotatable bonds is 1. The van der Waals surface area contributed by atoms with Crippen molar-refractivity contribution in [2.24, 2.45) is 5.73 Å². The first-order chi connectivity index (χ1) is 5.72. The molecule has 0 atom stereocenters. The molecule has 2 N–H and O–H groups in total. The van der Waals surface area contributed by atoms with Crippen molar-refractivity contribution in [2.45, 2.75) is 0 Å². The summed E-state index contributed by atoms with van der Waals surface area (Å²) in [5, 5.41) is 11.9. The van der Waals surface area contributed by atoms with Gasteiger partial charge in [0.05, 0.1) is 17.3 Å². The number of amides is 2. The van der Waals surface area contributed by atoms with E-state index in [4.69, 9.17) is 11.0 Å². The molecule has 0 aliphatic heterocycles. The lowest BCUT2D eigenvalue weighted by atomic mass is 10.2. The fourth-order valence-electron chi connectivity index (χ4n) is 0.738. The van der Waals surface area contributed by atoms with Crippen LogP contribution in [0, 0.1) is 11.3 Å². The van der Waals surface area contributed by atoms with Gasteiger partial charge in [0, 0.05) is 0 Å². The minimum Gasteiger partial charge on any atom is -0.350 e. The normalized spacial score (nSPS) is 8.58. The molecule has 2 amide bonds. The molecule has 0 aliphatic rings. The van der Waals surface area contributed by atoms with Gasteiger partial charge < -0.3 is 5.73 Å². The van der Waals surface area contributed by atoms with Gasteiger partial charge in [0.1, 0.15) is 0 Å². The first-order valence-electron chi connectivity index (χ1n) is 3.23. The highest BCUT2D eigenvalue weighted by molar-refractivity contribution is 5.76. The van der Waals surface area contributed by atoms with Crippen molar-refractivity contribution < 1.29 is 4.79 Å². The lowest BCUT2D eigenvalue weighted by Crippen LogP contribution is -2.18. The van der Waals surface area contributed by atoms with E-state index < -0.39 is 6.03 Å². The van der Waals surface area contributed by atoms with Crippen LogP contribution >= 0.6 is 0 Å². The maximum atomic E-state index is 10.3. The second-order valence-corrected chi connectivity index (χ2v) is 2.11. The van der Waals surface area contributed by atoms with Crippen LogP contribution in [0.25, 0.3) is 0 Å². The molecule has 0 saturated heterocycles. The fourth-order valence-corrected chi connectivity index (χ4v) is 0.738. The maximum absolute atomic E-state index is 10.3. The highest BCUT2D eigenvalue weighted by atomic mass is 16.2. The minimum absolute atomic E-state index is 0.460. The molecule has 0 bridgehead atoms. The maximum Gasteiger partial charge on any atom is 0.338 e. The second-order valence-electron chi connectivity index (χ2n) is 2.11. The van der Waals surface area contributed by atoms with Gasteiger partial charge in [0.15, 0.2) is 0 Å². The molecule has 0 unspecified atom stereocenters. The van der Waals surface area contributed by atoms with Crippen LogP contribution in [-0.4, -0.2) is 6.03 Å². The first-order valence-corrected chi connectivity index (χ1v) is 3.23. The Hall–Kier alpha value is -2.02. The van der Waals surface area contributed by atoms with Gasteiger partial charge in [-0.2, -0.15) is 10.6 Å². The predicted molar refractivity (Wildman–Crippen MR) is 42.5 cm³/mol. The van der Waals surface area contributed by atoms with Crippen LogP contribution in [0.1, 0.15) is 5.56 Å². The molecule has 0 aliphatic carbocycles. The van der Waals surface area contributed by atoms with E-state index in [9.17, 15) is 4.79 Å². The second kappa shape index (κ2) is 3.39. The standard InChI is InChI=1S/C8H6N3O/c9-5-6-1-3-7(4-2-6)11-8(10)12/h1-4H,(H2,10,12). The summed E-state index contributed by atoms with van der Waals surface area (Å²) in [6.45, 7) is 0. The summed E-state index contributed by atoms with van der Waals surface area (Å²) in [5.41, 5.74) is 5.81. The Balaban J connectivity index is 2.80. The first kappa shape index (κ1) is 8.08. The van der Waals surface area contributed by atoms with E-state index in [0.29, 0.717) is 11.3 Å². The highest BCUT2D eigenvalue weighted by Crippen LogP contribution is 2.07. The zero-order valence-electron chi connectivity index (χ0n) is 6.19. The van der Waals surface area contributed by atoms with Gasteiger partial charge >= 0.3 is 6.03 Å². The molecule has 0 aromatic heterocycles. The molecule has 12 heavy (non-hydrogen) atoms. The summed E-state index contributed by atoms with van der Waals surface area (Å²) >= 11 is 0. The lowest BCUT2D eigenvalue weighted by molar-refractivity contribution is 0.252. The zero-order valence-corrected chi connectivity index (χ0v) is 6.19. The van der Waals surface area contributed by atoms with E-state index in [1.165, 1.54) is 0 Å². The lowest BCUT2D eigenvalue weighted by Gasteiger charge is -1.95. The van der Waals surface area contributed by atoms with Crippen molar-refractivity contribution in [1.29, 1.82) is 5.26 Å². The van der Waals surface area contributed by atoms with Gasteiger partial charge in [-0.05, 0) is 24.3 Å². The van der Waals surface area contributed by atoms with Crippen LogP contribution in [0.5, 0.6) is 0 Å². The monoisotopic (exact) mass is 160 g/mol. The molecule has 1 radical (unpaired) electrons. The highest BCUT2D eigenvalue weighted by Gasteiger charge is 1.97. The van der Waals surface area contributed by atoms with E-state index in [1.54, 1.807) is 24.3 Å². The van der Waals surface area contributed by atoms with Gasteiger partial charge in [-0.3, -0.25) is 0 Å². The molecular formula is C8H6N3O. The van der Waals surface area contributed by atoms with E-state index >= 15 is 0 Å². The zero-order chi connectivity index (χ0) is 8.97. The number of benzene rings is 1. The van der Waals surface area contributed by atoms with Gasteiger partial charge in [-0.25, -0.2) is 4.79 Å². The van der Waals surface area contributed by atoms with Crippen molar-refractivity contribution in [3.05, 3.63) is 29.8 Å².